The Morgan fingerprint density at radius 2 is 1.93 bits per heavy atom. The summed E-state index contributed by atoms with van der Waals surface area (Å²) in [5, 5.41) is 23.3. The number of allylic oxidation sites excluding steroid dienone is 2. The van der Waals surface area contributed by atoms with Crippen LogP contribution in [0.25, 0.3) is 0 Å². The van der Waals surface area contributed by atoms with Gasteiger partial charge in [-0.1, -0.05) is 30.7 Å². The first kappa shape index (κ1) is 32.5. The fourth-order valence-electron chi connectivity index (χ4n) is 5.29. The van der Waals surface area contributed by atoms with Crippen LogP contribution < -0.4 is 16.4 Å². The second-order valence-electron chi connectivity index (χ2n) is 11.3. The van der Waals surface area contributed by atoms with Crippen LogP contribution in [0, 0.1) is 11.3 Å². The lowest BCUT2D eigenvalue weighted by Gasteiger charge is -2.39. The van der Waals surface area contributed by atoms with Crippen molar-refractivity contribution in [2.75, 3.05) is 6.61 Å². The third-order valence-corrected chi connectivity index (χ3v) is 7.61. The van der Waals surface area contributed by atoms with Gasteiger partial charge in [-0.25, -0.2) is 0 Å². The van der Waals surface area contributed by atoms with Gasteiger partial charge in [0.15, 0.2) is 5.96 Å². The van der Waals surface area contributed by atoms with E-state index in [4.69, 9.17) is 30.1 Å². The lowest BCUT2D eigenvalue weighted by Crippen LogP contribution is -2.51. The fourth-order valence-corrected chi connectivity index (χ4v) is 5.29. The molecule has 0 aromatic carbocycles. The number of aliphatic hydroxyl groups excluding tert-OH is 1. The van der Waals surface area contributed by atoms with Crippen LogP contribution in [0.15, 0.2) is 36.0 Å². The Kier molecular flexibility index (Phi) is 11.3. The van der Waals surface area contributed by atoms with Crippen molar-refractivity contribution >= 4 is 23.7 Å². The summed E-state index contributed by atoms with van der Waals surface area (Å²) >= 11 is 0. The second kappa shape index (κ2) is 14.2. The zero-order valence-electron chi connectivity index (χ0n) is 24.4. The van der Waals surface area contributed by atoms with Crippen molar-refractivity contribution in [3.8, 4) is 0 Å². The quantitative estimate of drug-likeness (QED) is 0.0640. The molecule has 12 heteroatoms. The Morgan fingerprint density at radius 3 is 2.56 bits per heavy atom. The monoisotopic (exact) mass is 576 g/mol. The first-order valence-corrected chi connectivity index (χ1v) is 14.1. The Morgan fingerprint density at radius 1 is 1.22 bits per heavy atom. The molecule has 3 rings (SSSR count). The number of amides is 2. The van der Waals surface area contributed by atoms with Gasteiger partial charge in [-0.2, -0.15) is 0 Å². The van der Waals surface area contributed by atoms with Crippen molar-refractivity contribution in [1.29, 1.82) is 5.41 Å². The van der Waals surface area contributed by atoms with Crippen molar-refractivity contribution in [1.82, 2.24) is 10.6 Å². The summed E-state index contributed by atoms with van der Waals surface area (Å²) in [5.41, 5.74) is 5.49. The number of nitrogens with two attached hydrogens (primary N) is 1. The number of carbonyl (C=O) groups is 3. The first-order chi connectivity index (χ1) is 19.3. The van der Waals surface area contributed by atoms with Gasteiger partial charge in [0.1, 0.15) is 23.9 Å². The standard InChI is InChI=1S/C29H44N4O8/c1-16(7-10-24-27(37)29(15-38-29)14-21(41-24)13-26(36)33-28(30)31)6-9-23-17(2)12-22(19(4)40-23)32-25(35)11-8-18(3)39-20(5)34/h6-8,10-11,17-19,21-24,27,37H,9,12-15H2,1-5H3,(H,32,35)(H4,30,31,33,36)/b10-7+,11-8-,16-6+/t17-,18-,19+,21+,22+,23-,24+,27+,29+/m0/s1. The summed E-state index contributed by atoms with van der Waals surface area (Å²) in [6, 6.07) is -0.139. The summed E-state index contributed by atoms with van der Waals surface area (Å²) in [4.78, 5) is 35.4. The first-order valence-electron chi connectivity index (χ1n) is 14.1. The molecular formula is C29H44N4O8. The molecule has 3 heterocycles. The second-order valence-corrected chi connectivity index (χ2v) is 11.3. The molecule has 0 aromatic heterocycles. The molecule has 0 bridgehead atoms. The van der Waals surface area contributed by atoms with Crippen LogP contribution >= 0.6 is 0 Å². The summed E-state index contributed by atoms with van der Waals surface area (Å²) in [6.45, 7) is 9.40. The van der Waals surface area contributed by atoms with Gasteiger partial charge in [0, 0.05) is 19.4 Å². The van der Waals surface area contributed by atoms with E-state index in [1.807, 2.05) is 19.9 Å². The predicted molar refractivity (Wildman–Crippen MR) is 151 cm³/mol. The molecule has 0 aliphatic carbocycles. The van der Waals surface area contributed by atoms with Crippen LogP contribution in [0.5, 0.6) is 0 Å². The van der Waals surface area contributed by atoms with Gasteiger partial charge in [0.25, 0.3) is 0 Å². The van der Waals surface area contributed by atoms with Crippen molar-refractivity contribution in [2.24, 2.45) is 11.7 Å². The minimum atomic E-state index is -0.854. The summed E-state index contributed by atoms with van der Waals surface area (Å²) < 4.78 is 22.8. The molecule has 0 radical (unpaired) electrons. The smallest absolute Gasteiger partial charge is 0.303 e. The van der Waals surface area contributed by atoms with Gasteiger partial charge in [-0.15, -0.1) is 0 Å². The molecular weight excluding hydrogens is 532 g/mol. The predicted octanol–water partition coefficient (Wildman–Crippen LogP) is 1.37. The Hall–Kier alpha value is -3.06. The number of guanidine groups is 1. The maximum absolute atomic E-state index is 12.4. The van der Waals surface area contributed by atoms with Gasteiger partial charge >= 0.3 is 5.97 Å². The number of hydrogen-bond acceptors (Lipinski definition) is 9. The summed E-state index contributed by atoms with van der Waals surface area (Å²) in [5.74, 6) is -1.31. The Bertz CT molecular complexity index is 1070. The number of epoxide rings is 1. The van der Waals surface area contributed by atoms with Crippen molar-refractivity contribution in [3.63, 3.8) is 0 Å². The number of ether oxygens (including phenoxy) is 4. The normalized spacial score (nSPS) is 34.4. The molecule has 2 amide bonds. The minimum absolute atomic E-state index is 0.0107. The molecule has 9 atom stereocenters. The third-order valence-electron chi connectivity index (χ3n) is 7.61. The molecule has 6 N–H and O–H groups in total. The highest BCUT2D eigenvalue weighted by atomic mass is 16.6. The summed E-state index contributed by atoms with van der Waals surface area (Å²) in [6.07, 6.45) is 7.82. The maximum Gasteiger partial charge on any atom is 0.303 e. The lowest BCUT2D eigenvalue weighted by atomic mass is 9.87. The molecule has 41 heavy (non-hydrogen) atoms. The van der Waals surface area contributed by atoms with Crippen LogP contribution in [-0.2, 0) is 33.3 Å². The average Bonchev–Trinajstić information content (AvgIpc) is 3.64. The highest BCUT2D eigenvalue weighted by Crippen LogP contribution is 2.43. The maximum atomic E-state index is 12.4. The van der Waals surface area contributed by atoms with Gasteiger partial charge in [0.05, 0.1) is 37.4 Å². The molecule has 228 valence electrons. The van der Waals surface area contributed by atoms with Crippen LogP contribution in [0.3, 0.4) is 0 Å². The molecule has 0 saturated carbocycles. The molecule has 3 aliphatic heterocycles. The van der Waals surface area contributed by atoms with Crippen molar-refractivity contribution in [2.45, 2.75) is 109 Å². The van der Waals surface area contributed by atoms with E-state index in [2.05, 4.69) is 23.6 Å². The van der Waals surface area contributed by atoms with E-state index in [9.17, 15) is 19.5 Å². The van der Waals surface area contributed by atoms with Crippen LogP contribution in [0.1, 0.15) is 60.3 Å². The molecule has 12 nitrogen and oxygen atoms in total. The van der Waals surface area contributed by atoms with Gasteiger partial charge in [-0.3, -0.25) is 25.1 Å². The van der Waals surface area contributed by atoms with E-state index in [1.54, 1.807) is 19.1 Å². The van der Waals surface area contributed by atoms with E-state index in [1.165, 1.54) is 13.0 Å². The fraction of sp³-hybridized carbons (Fsp3) is 0.655. The molecule has 3 saturated heterocycles. The van der Waals surface area contributed by atoms with E-state index < -0.39 is 47.9 Å². The SMILES string of the molecule is CC(=O)O[C@@H](C)/C=C\C(=O)N[C@@H]1C[C@H](C)[C@H](C/C=C(C)/C=C/[C@H]2O[C@H](CC(=O)NC(=N)N)C[C@@]3(CO3)[C@@H]2O)O[C@@H]1C. The Labute approximate surface area is 241 Å². The van der Waals surface area contributed by atoms with Crippen molar-refractivity contribution < 1.29 is 38.4 Å². The number of esters is 1. The lowest BCUT2D eigenvalue weighted by molar-refractivity contribution is -0.145. The topological polar surface area (TPSA) is 186 Å². The minimum Gasteiger partial charge on any atom is -0.459 e. The number of carbonyl (C=O) groups excluding carboxylic acids is 3. The van der Waals surface area contributed by atoms with Gasteiger partial charge < -0.3 is 35.1 Å². The number of nitrogens with one attached hydrogen (secondary N) is 3. The van der Waals surface area contributed by atoms with E-state index >= 15 is 0 Å². The van der Waals surface area contributed by atoms with Crippen LogP contribution in [0.2, 0.25) is 0 Å². The Balaban J connectivity index is 1.50. The molecule has 0 aromatic rings. The van der Waals surface area contributed by atoms with E-state index in [0.29, 0.717) is 19.4 Å². The number of hydrogen-bond donors (Lipinski definition) is 5. The zero-order chi connectivity index (χ0) is 30.3. The highest BCUT2D eigenvalue weighted by Gasteiger charge is 2.58. The number of aliphatic hydroxyl groups is 1. The zero-order valence-corrected chi connectivity index (χ0v) is 24.4. The van der Waals surface area contributed by atoms with Gasteiger partial charge in [-0.05, 0) is 45.6 Å². The van der Waals surface area contributed by atoms with Crippen LogP contribution in [0.4, 0.5) is 0 Å². The van der Waals surface area contributed by atoms with Crippen molar-refractivity contribution in [3.05, 3.63) is 36.0 Å². The highest BCUT2D eigenvalue weighted by molar-refractivity contribution is 5.94. The molecule has 0 unspecified atom stereocenters. The molecule has 3 aliphatic rings. The average molecular weight is 577 g/mol. The largest absolute Gasteiger partial charge is 0.459 e. The van der Waals surface area contributed by atoms with E-state index in [-0.39, 0.29) is 36.5 Å². The van der Waals surface area contributed by atoms with E-state index in [0.717, 1.165) is 12.0 Å². The summed E-state index contributed by atoms with van der Waals surface area (Å²) in [7, 11) is 0. The van der Waals surface area contributed by atoms with Gasteiger partial charge in [0.2, 0.25) is 11.8 Å². The molecule has 3 fully saturated rings. The third kappa shape index (κ3) is 9.77. The molecule has 1 spiro atoms. The number of rotatable bonds is 10. The van der Waals surface area contributed by atoms with Crippen LogP contribution in [-0.4, -0.2) is 83.7 Å².